The molecule has 0 aliphatic carbocycles. The highest BCUT2D eigenvalue weighted by molar-refractivity contribution is 4.60. The Morgan fingerprint density at radius 2 is 1.00 bits per heavy atom. The average Bonchev–Trinajstić information content (AvgIpc) is 2.16. The van der Waals surface area contributed by atoms with Crippen molar-refractivity contribution in [3.8, 4) is 0 Å². The quantitative estimate of drug-likeness (QED) is 0.547. The van der Waals surface area contributed by atoms with E-state index in [1.165, 1.54) is 0 Å². The van der Waals surface area contributed by atoms with Gasteiger partial charge < -0.3 is 20.8 Å². The van der Waals surface area contributed by atoms with E-state index in [-0.39, 0.29) is 12.2 Å². The van der Waals surface area contributed by atoms with Crippen LogP contribution in [0.15, 0.2) is 0 Å². The van der Waals surface area contributed by atoms with E-state index in [4.69, 9.17) is 10.2 Å². The van der Waals surface area contributed by atoms with Crippen LogP contribution in [0.3, 0.4) is 0 Å². The topological polar surface area (TPSA) is 64.5 Å². The Kier molecular flexibility index (Phi) is 12.9. The zero-order valence-corrected chi connectivity index (χ0v) is 11.6. The smallest absolute Gasteiger partial charge is 0.0526 e. The lowest BCUT2D eigenvalue weighted by molar-refractivity contribution is 0.172. The van der Waals surface area contributed by atoms with Crippen LogP contribution in [0.2, 0.25) is 0 Å². The highest BCUT2D eigenvalue weighted by atomic mass is 16.3. The van der Waals surface area contributed by atoms with Gasteiger partial charge >= 0.3 is 0 Å². The summed E-state index contributed by atoms with van der Waals surface area (Å²) < 4.78 is 0. The van der Waals surface area contributed by atoms with Crippen LogP contribution < -0.4 is 10.6 Å². The molecule has 0 rings (SSSR count). The number of nitrogens with one attached hydrogen (secondary N) is 2. The summed E-state index contributed by atoms with van der Waals surface area (Å²) in [4.78, 5) is 0. The first kappa shape index (κ1) is 18.2. The van der Waals surface area contributed by atoms with E-state index in [9.17, 15) is 0 Å². The van der Waals surface area contributed by atoms with E-state index in [2.05, 4.69) is 10.6 Å². The normalized spacial score (nSPS) is 18.0. The predicted octanol–water partition coefficient (Wildman–Crippen LogP) is 0.730. The van der Waals surface area contributed by atoms with Crippen LogP contribution in [0.4, 0.5) is 0 Å². The second-order valence-corrected chi connectivity index (χ2v) is 4.55. The molecule has 0 aliphatic heterocycles. The standard InChI is InChI=1S/2C6H15NO/c2*1-5(7-3)4-6(2)8/h2*5-8H,4H2,1-3H3. The second-order valence-electron chi connectivity index (χ2n) is 4.55. The van der Waals surface area contributed by atoms with Crippen LogP contribution in [0.5, 0.6) is 0 Å². The first-order valence-electron chi connectivity index (χ1n) is 6.04. The third kappa shape index (κ3) is 16.3. The van der Waals surface area contributed by atoms with Crippen molar-refractivity contribution in [1.82, 2.24) is 10.6 Å². The van der Waals surface area contributed by atoms with E-state index in [1.807, 2.05) is 27.9 Å². The zero-order chi connectivity index (χ0) is 13.1. The van der Waals surface area contributed by atoms with Crippen LogP contribution in [-0.4, -0.2) is 48.6 Å². The third-order valence-electron chi connectivity index (χ3n) is 2.37. The fourth-order valence-corrected chi connectivity index (χ4v) is 1.26. The zero-order valence-electron chi connectivity index (χ0n) is 11.6. The Morgan fingerprint density at radius 3 is 1.06 bits per heavy atom. The summed E-state index contributed by atoms with van der Waals surface area (Å²) in [5.74, 6) is 0. The maximum atomic E-state index is 8.81. The molecule has 0 saturated heterocycles. The van der Waals surface area contributed by atoms with Crippen molar-refractivity contribution in [2.75, 3.05) is 14.1 Å². The molecule has 100 valence electrons. The first-order valence-corrected chi connectivity index (χ1v) is 6.04. The first-order chi connectivity index (χ1) is 7.33. The molecule has 0 amide bonds. The Morgan fingerprint density at radius 1 is 0.750 bits per heavy atom. The van der Waals surface area contributed by atoms with Crippen molar-refractivity contribution in [3.05, 3.63) is 0 Å². The number of hydrogen-bond acceptors (Lipinski definition) is 4. The van der Waals surface area contributed by atoms with E-state index in [0.717, 1.165) is 12.8 Å². The molecular formula is C12H30N2O2. The Bertz CT molecular complexity index is 125. The van der Waals surface area contributed by atoms with E-state index in [1.54, 1.807) is 13.8 Å². The van der Waals surface area contributed by atoms with Gasteiger partial charge in [-0.2, -0.15) is 0 Å². The summed E-state index contributed by atoms with van der Waals surface area (Å²) in [7, 11) is 3.79. The van der Waals surface area contributed by atoms with Crippen molar-refractivity contribution in [1.29, 1.82) is 0 Å². The highest BCUT2D eigenvalue weighted by Gasteiger charge is 2.01. The molecule has 4 heteroatoms. The van der Waals surface area contributed by atoms with Gasteiger partial charge in [0, 0.05) is 12.1 Å². The second kappa shape index (κ2) is 11.3. The number of aliphatic hydroxyl groups is 2. The van der Waals surface area contributed by atoms with Gasteiger partial charge in [-0.15, -0.1) is 0 Å². The molecule has 0 spiro atoms. The molecule has 4 unspecified atom stereocenters. The lowest BCUT2D eigenvalue weighted by atomic mass is 10.2. The highest BCUT2D eigenvalue weighted by Crippen LogP contribution is 1.94. The lowest BCUT2D eigenvalue weighted by Crippen LogP contribution is -2.25. The molecule has 4 nitrogen and oxygen atoms in total. The SMILES string of the molecule is CNC(C)CC(C)O.CNC(C)CC(C)O. The van der Waals surface area contributed by atoms with Gasteiger partial charge in [0.2, 0.25) is 0 Å². The van der Waals surface area contributed by atoms with Crippen LogP contribution in [0.1, 0.15) is 40.5 Å². The minimum Gasteiger partial charge on any atom is -0.393 e. The number of rotatable bonds is 6. The molecule has 0 bridgehead atoms. The maximum Gasteiger partial charge on any atom is 0.0526 e. The van der Waals surface area contributed by atoms with Crippen LogP contribution >= 0.6 is 0 Å². The van der Waals surface area contributed by atoms with Gasteiger partial charge in [0.15, 0.2) is 0 Å². The third-order valence-corrected chi connectivity index (χ3v) is 2.37. The van der Waals surface area contributed by atoms with Crippen LogP contribution in [0, 0.1) is 0 Å². The molecular weight excluding hydrogens is 204 g/mol. The van der Waals surface area contributed by atoms with Crippen molar-refractivity contribution >= 4 is 0 Å². The Balaban J connectivity index is 0. The molecule has 16 heavy (non-hydrogen) atoms. The molecule has 4 N–H and O–H groups in total. The molecule has 0 aliphatic rings. The van der Waals surface area contributed by atoms with Crippen molar-refractivity contribution in [2.24, 2.45) is 0 Å². The van der Waals surface area contributed by atoms with Crippen molar-refractivity contribution in [3.63, 3.8) is 0 Å². The van der Waals surface area contributed by atoms with Crippen molar-refractivity contribution in [2.45, 2.75) is 64.8 Å². The molecule has 0 saturated carbocycles. The molecule has 0 radical (unpaired) electrons. The summed E-state index contributed by atoms with van der Waals surface area (Å²) in [5, 5.41) is 23.7. The average molecular weight is 234 g/mol. The Hall–Kier alpha value is -0.160. The summed E-state index contributed by atoms with van der Waals surface area (Å²) in [6, 6.07) is 0.852. The van der Waals surface area contributed by atoms with E-state index in [0.29, 0.717) is 12.1 Å². The van der Waals surface area contributed by atoms with E-state index < -0.39 is 0 Å². The predicted molar refractivity (Wildman–Crippen MR) is 69.6 cm³/mol. The molecule has 4 atom stereocenters. The monoisotopic (exact) mass is 234 g/mol. The molecule has 0 aromatic rings. The number of aliphatic hydroxyl groups excluding tert-OH is 2. The van der Waals surface area contributed by atoms with Gasteiger partial charge in [-0.3, -0.25) is 0 Å². The lowest BCUT2D eigenvalue weighted by Gasteiger charge is -2.10. The fourth-order valence-electron chi connectivity index (χ4n) is 1.26. The largest absolute Gasteiger partial charge is 0.393 e. The molecule has 0 aromatic carbocycles. The van der Waals surface area contributed by atoms with Crippen molar-refractivity contribution < 1.29 is 10.2 Å². The summed E-state index contributed by atoms with van der Waals surface area (Å²) in [6.07, 6.45) is 1.29. The minimum atomic E-state index is -0.183. The van der Waals surface area contributed by atoms with Crippen LogP contribution in [-0.2, 0) is 0 Å². The van der Waals surface area contributed by atoms with Gasteiger partial charge in [0.05, 0.1) is 12.2 Å². The van der Waals surface area contributed by atoms with Gasteiger partial charge in [-0.05, 0) is 54.6 Å². The molecule has 0 fully saturated rings. The number of hydrogen-bond donors (Lipinski definition) is 4. The minimum absolute atomic E-state index is 0.183. The molecule has 0 aromatic heterocycles. The van der Waals surface area contributed by atoms with Gasteiger partial charge in [0.25, 0.3) is 0 Å². The maximum absolute atomic E-state index is 8.81. The summed E-state index contributed by atoms with van der Waals surface area (Å²) in [5.41, 5.74) is 0. The van der Waals surface area contributed by atoms with E-state index >= 15 is 0 Å². The fraction of sp³-hybridized carbons (Fsp3) is 1.00. The summed E-state index contributed by atoms with van der Waals surface area (Å²) in [6.45, 7) is 7.70. The van der Waals surface area contributed by atoms with Gasteiger partial charge in [0.1, 0.15) is 0 Å². The Labute approximate surface area is 100 Å². The van der Waals surface area contributed by atoms with Crippen LogP contribution in [0.25, 0.3) is 0 Å². The van der Waals surface area contributed by atoms with Gasteiger partial charge in [-0.1, -0.05) is 0 Å². The van der Waals surface area contributed by atoms with Gasteiger partial charge in [-0.25, -0.2) is 0 Å². The molecule has 0 heterocycles. The summed E-state index contributed by atoms with van der Waals surface area (Å²) >= 11 is 0.